The molecule has 1 aromatic rings. The smallest absolute Gasteiger partial charge is 0.247 e. The molecule has 1 heterocycles. The van der Waals surface area contributed by atoms with Crippen molar-refractivity contribution in [1.29, 1.82) is 0 Å². The number of hydrazone groups is 1. The molecule has 4 fully saturated rings. The van der Waals surface area contributed by atoms with Gasteiger partial charge in [-0.25, -0.2) is 5.01 Å². The van der Waals surface area contributed by atoms with Crippen LogP contribution in [0.5, 0.6) is 11.5 Å². The second-order valence-electron chi connectivity index (χ2n) is 10.3. The van der Waals surface area contributed by atoms with E-state index in [1.807, 2.05) is 11.1 Å². The first kappa shape index (κ1) is 19.4. The summed E-state index contributed by atoms with van der Waals surface area (Å²) in [4.78, 5) is 13.6. The number of carbonyl (C=O) groups is 1. The summed E-state index contributed by atoms with van der Waals surface area (Å²) >= 11 is 0. The number of hydrogen-bond acceptors (Lipinski definition) is 4. The lowest BCUT2D eigenvalue weighted by Crippen LogP contribution is -2.60. The van der Waals surface area contributed by atoms with Gasteiger partial charge in [-0.05, 0) is 85.8 Å². The van der Waals surface area contributed by atoms with E-state index < -0.39 is 0 Å². The summed E-state index contributed by atoms with van der Waals surface area (Å²) in [7, 11) is 3.39. The van der Waals surface area contributed by atoms with Gasteiger partial charge < -0.3 is 9.47 Å². The number of hydrogen-bond donors (Lipinski definition) is 0. The maximum atomic E-state index is 13.6. The van der Waals surface area contributed by atoms with Gasteiger partial charge in [-0.15, -0.1) is 0 Å². The molecule has 1 aliphatic heterocycles. The normalized spacial score (nSPS) is 40.2. The van der Waals surface area contributed by atoms with Crippen LogP contribution in [0.3, 0.4) is 0 Å². The lowest BCUT2D eigenvalue weighted by Gasteiger charge is -2.60. The number of benzene rings is 1. The Morgan fingerprint density at radius 3 is 2.61 bits per heavy atom. The summed E-state index contributed by atoms with van der Waals surface area (Å²) in [5.74, 6) is 5.26. The van der Waals surface area contributed by atoms with E-state index in [1.165, 1.54) is 31.2 Å². The zero-order chi connectivity index (χ0) is 21.1. The monoisotopic (exact) mass is 420 g/mol. The van der Waals surface area contributed by atoms with Crippen LogP contribution in [0, 0.1) is 35.5 Å². The largest absolute Gasteiger partial charge is 0.493 e. The maximum absolute atomic E-state index is 13.6. The van der Waals surface area contributed by atoms with E-state index in [0.717, 1.165) is 30.3 Å². The summed E-state index contributed by atoms with van der Waals surface area (Å²) in [5, 5.41) is 6.76. The highest BCUT2D eigenvalue weighted by Crippen LogP contribution is 2.61. The molecule has 1 aromatic carbocycles. The summed E-state index contributed by atoms with van der Waals surface area (Å²) in [6, 6.07) is 6.67. The van der Waals surface area contributed by atoms with E-state index in [9.17, 15) is 4.79 Å². The zero-order valence-corrected chi connectivity index (χ0v) is 18.4. The Kier molecular flexibility index (Phi) is 4.62. The molecule has 0 spiro atoms. The van der Waals surface area contributed by atoms with Gasteiger partial charge in [0.15, 0.2) is 11.5 Å². The van der Waals surface area contributed by atoms with Crippen molar-refractivity contribution >= 4 is 12.1 Å². The van der Waals surface area contributed by atoms with Crippen LogP contribution < -0.4 is 9.47 Å². The van der Waals surface area contributed by atoms with Gasteiger partial charge in [0.2, 0.25) is 5.91 Å². The SMILES string of the molecule is COc1ccc(C2C3CC4CC(C3)C(N3N=C[C@H]5CC=CC[C@H]5C3=O)C2C4)cc1OC. The molecular weight excluding hydrogens is 388 g/mol. The van der Waals surface area contributed by atoms with Crippen LogP contribution in [0.2, 0.25) is 0 Å². The second-order valence-corrected chi connectivity index (χ2v) is 10.3. The highest BCUT2D eigenvalue weighted by Gasteiger charge is 2.57. The van der Waals surface area contributed by atoms with Crippen LogP contribution in [0.1, 0.15) is 50.0 Å². The third kappa shape index (κ3) is 2.95. The molecule has 5 aliphatic carbocycles. The van der Waals surface area contributed by atoms with Crippen molar-refractivity contribution in [2.75, 3.05) is 14.2 Å². The second kappa shape index (κ2) is 7.39. The van der Waals surface area contributed by atoms with Gasteiger partial charge in [-0.2, -0.15) is 5.10 Å². The molecule has 7 rings (SSSR count). The van der Waals surface area contributed by atoms with Crippen molar-refractivity contribution < 1.29 is 14.3 Å². The van der Waals surface area contributed by atoms with E-state index in [4.69, 9.17) is 14.6 Å². The quantitative estimate of drug-likeness (QED) is 0.667. The highest BCUT2D eigenvalue weighted by molar-refractivity contribution is 5.87. The number of nitrogens with zero attached hydrogens (tertiary/aromatic N) is 2. The van der Waals surface area contributed by atoms with Gasteiger partial charge in [-0.3, -0.25) is 4.79 Å². The molecule has 0 radical (unpaired) electrons. The van der Waals surface area contributed by atoms with Crippen molar-refractivity contribution in [3.8, 4) is 11.5 Å². The molecule has 4 saturated carbocycles. The lowest BCUT2D eigenvalue weighted by atomic mass is 9.48. The molecular formula is C26H32N2O3. The molecule has 4 bridgehead atoms. The average Bonchev–Trinajstić information content (AvgIpc) is 2.80. The minimum atomic E-state index is 0.0826. The van der Waals surface area contributed by atoms with Gasteiger partial charge >= 0.3 is 0 Å². The number of methoxy groups -OCH3 is 2. The van der Waals surface area contributed by atoms with Crippen LogP contribution in [-0.4, -0.2) is 37.4 Å². The number of amides is 1. The number of allylic oxidation sites excluding steroid dienone is 2. The summed E-state index contributed by atoms with van der Waals surface area (Å²) in [6.07, 6.45) is 13.3. The standard InChI is InChI=1S/C26H32N2O3/c1-30-22-8-7-16(13-23(22)31-2)24-18-9-15-10-19(12-18)25(21(24)11-15)28-26(29)20-6-4-3-5-17(20)14-27-28/h3-4,7-8,13-15,17-21,24-25H,5-6,9-12H2,1-2H3/t15?,17-,18?,19?,20-,21?,24?,25?/m1/s1. The lowest BCUT2D eigenvalue weighted by molar-refractivity contribution is -0.152. The fourth-order valence-electron chi connectivity index (χ4n) is 7.73. The fourth-order valence-corrected chi connectivity index (χ4v) is 7.73. The van der Waals surface area contributed by atoms with Crippen molar-refractivity contribution in [1.82, 2.24) is 5.01 Å². The molecule has 6 unspecified atom stereocenters. The Balaban J connectivity index is 1.35. The molecule has 1 amide bonds. The Morgan fingerprint density at radius 2 is 1.77 bits per heavy atom. The Hall–Kier alpha value is -2.30. The third-order valence-corrected chi connectivity index (χ3v) is 8.86. The van der Waals surface area contributed by atoms with Crippen molar-refractivity contribution in [3.63, 3.8) is 0 Å². The maximum Gasteiger partial charge on any atom is 0.247 e. The molecule has 5 nitrogen and oxygen atoms in total. The van der Waals surface area contributed by atoms with Gasteiger partial charge in [0, 0.05) is 12.1 Å². The van der Waals surface area contributed by atoms with E-state index in [2.05, 4.69) is 30.5 Å². The van der Waals surface area contributed by atoms with Crippen molar-refractivity contribution in [3.05, 3.63) is 35.9 Å². The first-order valence-electron chi connectivity index (χ1n) is 11.9. The topological polar surface area (TPSA) is 51.1 Å². The van der Waals surface area contributed by atoms with E-state index in [-0.39, 0.29) is 23.8 Å². The van der Waals surface area contributed by atoms with E-state index in [1.54, 1.807) is 14.2 Å². The number of ether oxygens (including phenoxy) is 2. The first-order chi connectivity index (χ1) is 15.2. The molecule has 0 N–H and O–H groups in total. The van der Waals surface area contributed by atoms with Gasteiger partial charge in [0.25, 0.3) is 0 Å². The molecule has 0 saturated heterocycles. The predicted molar refractivity (Wildman–Crippen MR) is 119 cm³/mol. The molecule has 31 heavy (non-hydrogen) atoms. The van der Waals surface area contributed by atoms with Crippen LogP contribution in [-0.2, 0) is 4.79 Å². The minimum absolute atomic E-state index is 0.0826. The Morgan fingerprint density at radius 1 is 0.968 bits per heavy atom. The Labute approximate surface area is 184 Å². The molecule has 5 heteroatoms. The van der Waals surface area contributed by atoms with Crippen LogP contribution >= 0.6 is 0 Å². The van der Waals surface area contributed by atoms with Gasteiger partial charge in [0.05, 0.1) is 26.2 Å². The van der Waals surface area contributed by atoms with Crippen molar-refractivity contribution in [2.24, 2.45) is 40.6 Å². The molecule has 6 aliphatic rings. The van der Waals surface area contributed by atoms with Crippen LogP contribution in [0.15, 0.2) is 35.5 Å². The summed E-state index contributed by atoms with van der Waals surface area (Å²) < 4.78 is 11.1. The summed E-state index contributed by atoms with van der Waals surface area (Å²) in [5.41, 5.74) is 1.34. The van der Waals surface area contributed by atoms with Crippen LogP contribution in [0.25, 0.3) is 0 Å². The van der Waals surface area contributed by atoms with E-state index >= 15 is 0 Å². The number of fused-ring (bicyclic) bond motifs is 1. The number of carbonyl (C=O) groups excluding carboxylic acids is 1. The minimum Gasteiger partial charge on any atom is -0.493 e. The summed E-state index contributed by atoms with van der Waals surface area (Å²) in [6.45, 7) is 0. The average molecular weight is 421 g/mol. The highest BCUT2D eigenvalue weighted by atomic mass is 16.5. The van der Waals surface area contributed by atoms with E-state index in [0.29, 0.717) is 23.7 Å². The third-order valence-electron chi connectivity index (χ3n) is 8.86. The molecule has 8 atom stereocenters. The Bertz CT molecular complexity index is 941. The van der Waals surface area contributed by atoms with Gasteiger partial charge in [0.1, 0.15) is 0 Å². The zero-order valence-electron chi connectivity index (χ0n) is 18.4. The van der Waals surface area contributed by atoms with Gasteiger partial charge in [-0.1, -0.05) is 18.2 Å². The first-order valence-corrected chi connectivity index (χ1v) is 11.9. The van der Waals surface area contributed by atoms with Crippen LogP contribution in [0.4, 0.5) is 0 Å². The predicted octanol–water partition coefficient (Wildman–Crippen LogP) is 4.63. The molecule has 164 valence electrons. The molecule has 0 aromatic heterocycles. The number of rotatable bonds is 4. The van der Waals surface area contributed by atoms with Crippen molar-refractivity contribution in [2.45, 2.75) is 50.5 Å². The fraction of sp³-hybridized carbons (Fsp3) is 0.615.